The molecule has 0 bridgehead atoms. The number of ether oxygens (including phenoxy) is 1. The lowest BCUT2D eigenvalue weighted by Gasteiger charge is -2.10. The van der Waals surface area contributed by atoms with Crippen LogP contribution < -0.4 is 10.1 Å². The molecule has 2 aromatic carbocycles. The topological polar surface area (TPSA) is 51.2 Å². The van der Waals surface area contributed by atoms with Gasteiger partial charge in [0.25, 0.3) is 5.91 Å². The Morgan fingerprint density at radius 1 is 1.29 bits per heavy atom. The van der Waals surface area contributed by atoms with E-state index in [9.17, 15) is 4.79 Å². The highest BCUT2D eigenvalue weighted by Gasteiger charge is 2.10. The number of hydrogen-bond acceptors (Lipinski definition) is 4. The van der Waals surface area contributed by atoms with Gasteiger partial charge in [0.15, 0.2) is 11.7 Å². The monoisotopic (exact) mass is 404 g/mol. The smallest absolute Gasteiger partial charge is 0.264 e. The molecule has 1 aromatic heterocycles. The number of fused-ring (bicyclic) bond motifs is 1. The third-order valence-electron chi connectivity index (χ3n) is 3.55. The number of hydrogen-bond donors (Lipinski definition) is 1. The van der Waals surface area contributed by atoms with E-state index in [1.165, 1.54) is 16.9 Å². The van der Waals surface area contributed by atoms with Crippen LogP contribution in [0.1, 0.15) is 18.1 Å². The normalized spacial score (nSPS) is 10.8. The highest BCUT2D eigenvalue weighted by Crippen LogP contribution is 2.27. The summed E-state index contributed by atoms with van der Waals surface area (Å²) in [5, 5.41) is 3.40. The van der Waals surface area contributed by atoms with Gasteiger partial charge in [-0.2, -0.15) is 0 Å². The zero-order valence-electron chi connectivity index (χ0n) is 13.4. The maximum absolute atomic E-state index is 12.1. The van der Waals surface area contributed by atoms with Gasteiger partial charge in [-0.25, -0.2) is 4.98 Å². The SMILES string of the molecule is CCc1cc(Br)ccc1OCC(=O)Nc1nc2ccc(C)cc2s1. The first-order chi connectivity index (χ1) is 11.5. The Morgan fingerprint density at radius 3 is 2.92 bits per heavy atom. The largest absolute Gasteiger partial charge is 0.483 e. The van der Waals surface area contributed by atoms with Crippen molar-refractivity contribution in [3.63, 3.8) is 0 Å². The first-order valence-corrected chi connectivity index (χ1v) is 9.24. The van der Waals surface area contributed by atoms with Crippen molar-refractivity contribution in [2.75, 3.05) is 11.9 Å². The minimum absolute atomic E-state index is 0.0381. The predicted molar refractivity (Wildman–Crippen MR) is 102 cm³/mol. The van der Waals surface area contributed by atoms with Crippen LogP contribution in [0.25, 0.3) is 10.2 Å². The number of aromatic nitrogens is 1. The van der Waals surface area contributed by atoms with Crippen LogP contribution in [-0.4, -0.2) is 17.5 Å². The fourth-order valence-electron chi connectivity index (χ4n) is 2.35. The molecule has 4 nitrogen and oxygen atoms in total. The van der Waals surface area contributed by atoms with Gasteiger partial charge < -0.3 is 4.74 Å². The lowest BCUT2D eigenvalue weighted by atomic mass is 10.1. The number of carbonyl (C=O) groups excluding carboxylic acids is 1. The van der Waals surface area contributed by atoms with E-state index < -0.39 is 0 Å². The summed E-state index contributed by atoms with van der Waals surface area (Å²) in [6, 6.07) is 11.8. The Hall–Kier alpha value is -1.92. The summed E-state index contributed by atoms with van der Waals surface area (Å²) in [7, 11) is 0. The molecule has 24 heavy (non-hydrogen) atoms. The second-order valence-corrected chi connectivity index (χ2v) is 7.38. The van der Waals surface area contributed by atoms with E-state index >= 15 is 0 Å². The van der Waals surface area contributed by atoms with Gasteiger partial charge >= 0.3 is 0 Å². The van der Waals surface area contributed by atoms with Crippen molar-refractivity contribution in [1.82, 2.24) is 4.98 Å². The van der Waals surface area contributed by atoms with Crippen LogP contribution in [0, 0.1) is 6.92 Å². The lowest BCUT2D eigenvalue weighted by Crippen LogP contribution is -2.20. The molecule has 0 spiro atoms. The number of aryl methyl sites for hydroxylation is 2. The minimum Gasteiger partial charge on any atom is -0.483 e. The van der Waals surface area contributed by atoms with Crippen molar-refractivity contribution in [3.8, 4) is 5.75 Å². The molecular formula is C18H17BrN2O2S. The number of nitrogens with zero attached hydrogens (tertiary/aromatic N) is 1. The fraction of sp³-hybridized carbons (Fsp3) is 0.222. The molecule has 3 aromatic rings. The maximum atomic E-state index is 12.1. The Kier molecular flexibility index (Phi) is 5.16. The summed E-state index contributed by atoms with van der Waals surface area (Å²) in [6.07, 6.45) is 0.841. The van der Waals surface area contributed by atoms with Crippen LogP contribution in [0.4, 0.5) is 5.13 Å². The highest BCUT2D eigenvalue weighted by atomic mass is 79.9. The molecule has 124 valence electrons. The second-order valence-electron chi connectivity index (χ2n) is 5.43. The predicted octanol–water partition coefficient (Wildman–Crippen LogP) is 4.95. The molecule has 0 radical (unpaired) electrons. The molecule has 0 saturated heterocycles. The summed E-state index contributed by atoms with van der Waals surface area (Å²) < 4.78 is 7.72. The zero-order valence-corrected chi connectivity index (χ0v) is 15.8. The molecule has 3 rings (SSSR count). The van der Waals surface area contributed by atoms with Crippen LogP contribution in [0.3, 0.4) is 0 Å². The number of nitrogens with one attached hydrogen (secondary N) is 1. The van der Waals surface area contributed by atoms with Gasteiger partial charge in [0.05, 0.1) is 10.2 Å². The Balaban J connectivity index is 1.64. The van der Waals surface area contributed by atoms with Crippen LogP contribution in [-0.2, 0) is 11.2 Å². The first-order valence-electron chi connectivity index (χ1n) is 7.63. The van der Waals surface area contributed by atoms with Gasteiger partial charge in [0, 0.05) is 4.47 Å². The van der Waals surface area contributed by atoms with Crippen LogP contribution >= 0.6 is 27.3 Å². The summed E-state index contributed by atoms with van der Waals surface area (Å²) in [5.74, 6) is 0.520. The number of anilines is 1. The highest BCUT2D eigenvalue weighted by molar-refractivity contribution is 9.10. The van der Waals surface area contributed by atoms with Crippen LogP contribution in [0.2, 0.25) is 0 Å². The van der Waals surface area contributed by atoms with Crippen molar-refractivity contribution in [2.24, 2.45) is 0 Å². The van der Waals surface area contributed by atoms with E-state index in [1.807, 2.05) is 37.3 Å². The molecular weight excluding hydrogens is 388 g/mol. The first kappa shape index (κ1) is 16.9. The van der Waals surface area contributed by atoms with Crippen molar-refractivity contribution >= 4 is 48.5 Å². The van der Waals surface area contributed by atoms with E-state index in [4.69, 9.17) is 4.74 Å². The molecule has 0 aliphatic carbocycles. The van der Waals surface area contributed by atoms with Crippen molar-refractivity contribution in [2.45, 2.75) is 20.3 Å². The molecule has 0 unspecified atom stereocenters. The van der Waals surface area contributed by atoms with Gasteiger partial charge in [-0.05, 0) is 54.8 Å². The Bertz CT molecular complexity index is 892. The van der Waals surface area contributed by atoms with Gasteiger partial charge in [-0.15, -0.1) is 0 Å². The van der Waals surface area contributed by atoms with E-state index in [-0.39, 0.29) is 12.5 Å². The summed E-state index contributed by atoms with van der Waals surface area (Å²) >= 11 is 4.91. The molecule has 0 aliphatic heterocycles. The molecule has 0 fully saturated rings. The number of benzene rings is 2. The molecule has 1 amide bonds. The van der Waals surface area contributed by atoms with Crippen LogP contribution in [0.5, 0.6) is 5.75 Å². The van der Waals surface area contributed by atoms with Crippen molar-refractivity contribution in [3.05, 3.63) is 52.0 Å². The molecule has 1 N–H and O–H groups in total. The number of carbonyl (C=O) groups is 1. The fourth-order valence-corrected chi connectivity index (χ4v) is 3.74. The van der Waals surface area contributed by atoms with Crippen molar-refractivity contribution < 1.29 is 9.53 Å². The van der Waals surface area contributed by atoms with E-state index in [2.05, 4.69) is 39.2 Å². The molecule has 1 heterocycles. The number of thiazole rings is 1. The molecule has 6 heteroatoms. The second kappa shape index (κ2) is 7.32. The lowest BCUT2D eigenvalue weighted by molar-refractivity contribution is -0.118. The molecule has 0 saturated carbocycles. The third kappa shape index (κ3) is 3.94. The summed E-state index contributed by atoms with van der Waals surface area (Å²) in [4.78, 5) is 16.5. The quantitative estimate of drug-likeness (QED) is 0.654. The van der Waals surface area contributed by atoms with Crippen molar-refractivity contribution in [1.29, 1.82) is 0 Å². The molecule has 0 aliphatic rings. The van der Waals surface area contributed by atoms with Gasteiger partial charge in [0.2, 0.25) is 0 Å². The maximum Gasteiger partial charge on any atom is 0.264 e. The van der Waals surface area contributed by atoms with E-state index in [0.29, 0.717) is 5.13 Å². The third-order valence-corrected chi connectivity index (χ3v) is 4.98. The Morgan fingerprint density at radius 2 is 2.12 bits per heavy atom. The minimum atomic E-state index is -0.212. The van der Waals surface area contributed by atoms with Gasteiger partial charge in [-0.3, -0.25) is 10.1 Å². The standard InChI is InChI=1S/C18H17BrN2O2S/c1-3-12-9-13(19)5-7-15(12)23-10-17(22)21-18-20-14-6-4-11(2)8-16(14)24-18/h4-9H,3,10H2,1-2H3,(H,20,21,22). The summed E-state index contributed by atoms with van der Waals surface area (Å²) in [5.41, 5.74) is 3.13. The number of rotatable bonds is 5. The van der Waals surface area contributed by atoms with E-state index in [0.717, 1.165) is 32.4 Å². The average molecular weight is 405 g/mol. The van der Waals surface area contributed by atoms with Crippen LogP contribution in [0.15, 0.2) is 40.9 Å². The summed E-state index contributed by atoms with van der Waals surface area (Å²) in [6.45, 7) is 4.05. The van der Waals surface area contributed by atoms with Gasteiger partial charge in [-0.1, -0.05) is 40.3 Å². The Labute approximate surface area is 153 Å². The number of halogens is 1. The zero-order chi connectivity index (χ0) is 17.1. The van der Waals surface area contributed by atoms with E-state index in [1.54, 1.807) is 0 Å². The number of amides is 1. The molecule has 0 atom stereocenters. The average Bonchev–Trinajstić information content (AvgIpc) is 2.94. The van der Waals surface area contributed by atoms with Gasteiger partial charge in [0.1, 0.15) is 5.75 Å².